The number of fused-ring (bicyclic) bond motifs is 1. The summed E-state index contributed by atoms with van der Waals surface area (Å²) in [7, 11) is 0. The van der Waals surface area contributed by atoms with E-state index < -0.39 is 0 Å². The molecule has 112 valence electrons. The molecule has 0 N–H and O–H groups in total. The number of esters is 1. The Balaban J connectivity index is 1.73. The van der Waals surface area contributed by atoms with Crippen molar-refractivity contribution in [1.29, 1.82) is 0 Å². The van der Waals surface area contributed by atoms with E-state index in [1.54, 1.807) is 18.3 Å². The highest BCUT2D eigenvalue weighted by atomic mass is 32.1. The number of unbranched alkanes of at least 4 members (excludes halogenated alkanes) is 1. The third-order valence-corrected chi connectivity index (χ3v) is 4.11. The van der Waals surface area contributed by atoms with Gasteiger partial charge in [-0.15, -0.1) is 11.3 Å². The van der Waals surface area contributed by atoms with Crippen molar-refractivity contribution in [2.75, 3.05) is 6.61 Å². The smallest absolute Gasteiger partial charge is 0.305 e. The molecular weight excluding hydrogens is 286 g/mol. The highest BCUT2D eigenvalue weighted by Gasteiger charge is 2.09. The number of ether oxygens (including phenoxy) is 1. The van der Waals surface area contributed by atoms with Crippen molar-refractivity contribution in [3.8, 4) is 0 Å². The summed E-state index contributed by atoms with van der Waals surface area (Å²) in [5, 5.41) is 0.867. The second-order valence-corrected chi connectivity index (χ2v) is 5.92. The van der Waals surface area contributed by atoms with Crippen LogP contribution < -0.4 is 0 Å². The molecule has 4 nitrogen and oxygen atoms in total. The molecule has 0 aliphatic heterocycles. The van der Waals surface area contributed by atoms with Crippen molar-refractivity contribution in [3.05, 3.63) is 29.3 Å². The van der Waals surface area contributed by atoms with E-state index >= 15 is 0 Å². The largest absolute Gasteiger partial charge is 0.466 e. The summed E-state index contributed by atoms with van der Waals surface area (Å²) in [5.41, 5.74) is 0.951. The molecular formula is C16H19NO3S. The molecule has 1 aromatic carbocycles. The van der Waals surface area contributed by atoms with Crippen LogP contribution in [-0.2, 0) is 20.7 Å². The molecule has 2 aromatic rings. The number of ketones is 1. The quantitative estimate of drug-likeness (QED) is 0.553. The van der Waals surface area contributed by atoms with Gasteiger partial charge in [0.05, 0.1) is 23.2 Å². The molecule has 0 bridgehead atoms. The van der Waals surface area contributed by atoms with Gasteiger partial charge >= 0.3 is 5.97 Å². The fraction of sp³-hybridized carbons (Fsp3) is 0.438. The van der Waals surface area contributed by atoms with Gasteiger partial charge in [0.2, 0.25) is 0 Å². The van der Waals surface area contributed by atoms with Gasteiger partial charge in [-0.25, -0.2) is 4.98 Å². The molecule has 0 spiro atoms. The van der Waals surface area contributed by atoms with Gasteiger partial charge in [0.1, 0.15) is 10.8 Å². The third kappa shape index (κ3) is 4.93. The Kier molecular flexibility index (Phi) is 5.87. The van der Waals surface area contributed by atoms with Crippen molar-refractivity contribution < 1.29 is 14.3 Å². The van der Waals surface area contributed by atoms with Gasteiger partial charge in [-0.2, -0.15) is 0 Å². The van der Waals surface area contributed by atoms with Crippen molar-refractivity contribution in [1.82, 2.24) is 4.98 Å². The van der Waals surface area contributed by atoms with Gasteiger partial charge in [0, 0.05) is 12.8 Å². The van der Waals surface area contributed by atoms with Crippen LogP contribution in [0.2, 0.25) is 0 Å². The lowest BCUT2D eigenvalue weighted by molar-refractivity contribution is -0.143. The first kappa shape index (κ1) is 15.6. The lowest BCUT2D eigenvalue weighted by atomic mass is 10.1. The number of Topliss-reactive ketones (excluding diaryl/α,β-unsaturated/α-hetero) is 1. The number of thiazole rings is 1. The summed E-state index contributed by atoms with van der Waals surface area (Å²) in [4.78, 5) is 27.5. The minimum atomic E-state index is -0.184. The Morgan fingerprint density at radius 1 is 1.19 bits per heavy atom. The van der Waals surface area contributed by atoms with Gasteiger partial charge in [-0.3, -0.25) is 9.59 Å². The van der Waals surface area contributed by atoms with E-state index in [1.807, 2.05) is 24.3 Å². The number of carbonyl (C=O) groups is 2. The predicted molar refractivity (Wildman–Crippen MR) is 83.4 cm³/mol. The van der Waals surface area contributed by atoms with Crippen molar-refractivity contribution >= 4 is 33.3 Å². The Hall–Kier alpha value is -1.75. The zero-order valence-corrected chi connectivity index (χ0v) is 12.9. The Bertz CT molecular complexity index is 588. The summed E-state index contributed by atoms with van der Waals surface area (Å²) < 4.78 is 5.96. The first-order valence-corrected chi connectivity index (χ1v) is 8.02. The number of para-hydroxylation sites is 1. The average Bonchev–Trinajstić information content (AvgIpc) is 2.86. The lowest BCUT2D eigenvalue weighted by Gasteiger charge is -2.01. The number of nitrogens with zero attached hydrogens (tertiary/aromatic N) is 1. The molecule has 0 aliphatic rings. The van der Waals surface area contributed by atoms with E-state index in [9.17, 15) is 9.59 Å². The number of carbonyl (C=O) groups excluding carboxylic acids is 2. The zero-order valence-electron chi connectivity index (χ0n) is 12.1. The fourth-order valence-corrected chi connectivity index (χ4v) is 3.07. The van der Waals surface area contributed by atoms with Gasteiger partial charge in [-0.05, 0) is 31.9 Å². The maximum atomic E-state index is 11.9. The topological polar surface area (TPSA) is 56.3 Å². The van der Waals surface area contributed by atoms with E-state index in [4.69, 9.17) is 4.74 Å². The zero-order chi connectivity index (χ0) is 15.1. The normalized spacial score (nSPS) is 10.7. The molecule has 0 amide bonds. The molecule has 2 rings (SSSR count). The monoisotopic (exact) mass is 305 g/mol. The number of rotatable bonds is 8. The van der Waals surface area contributed by atoms with Gasteiger partial charge < -0.3 is 4.74 Å². The molecule has 1 aromatic heterocycles. The minimum absolute atomic E-state index is 0.179. The van der Waals surface area contributed by atoms with Crippen molar-refractivity contribution in [2.24, 2.45) is 0 Å². The number of hydrogen-bond acceptors (Lipinski definition) is 5. The molecule has 1 heterocycles. The Morgan fingerprint density at radius 2 is 1.95 bits per heavy atom. The molecule has 0 saturated carbocycles. The standard InChI is InChI=1S/C16H19NO3S/c1-2-20-16(19)10-6-3-7-12(18)11-15-17-13-8-4-5-9-14(13)21-15/h4-5,8-9H,2-3,6-7,10-11H2,1H3. The molecule has 0 saturated heterocycles. The Morgan fingerprint density at radius 3 is 2.71 bits per heavy atom. The summed E-state index contributed by atoms with van der Waals surface area (Å²) in [6.07, 6.45) is 2.70. The predicted octanol–water partition coefficient (Wildman–Crippen LogP) is 3.53. The summed E-state index contributed by atoms with van der Waals surface area (Å²) in [6, 6.07) is 7.89. The highest BCUT2D eigenvalue weighted by molar-refractivity contribution is 7.18. The fourth-order valence-electron chi connectivity index (χ4n) is 2.08. The van der Waals surface area contributed by atoms with Gasteiger partial charge in [0.15, 0.2) is 0 Å². The molecule has 21 heavy (non-hydrogen) atoms. The maximum absolute atomic E-state index is 11.9. The number of hydrogen-bond donors (Lipinski definition) is 0. The second kappa shape index (κ2) is 7.88. The molecule has 0 radical (unpaired) electrons. The molecule has 5 heteroatoms. The molecule has 0 aliphatic carbocycles. The van der Waals surface area contributed by atoms with Crippen LogP contribution in [0.25, 0.3) is 10.2 Å². The first-order valence-electron chi connectivity index (χ1n) is 7.21. The van der Waals surface area contributed by atoms with Gasteiger partial charge in [0.25, 0.3) is 0 Å². The van der Waals surface area contributed by atoms with Crippen LogP contribution in [0.5, 0.6) is 0 Å². The van der Waals surface area contributed by atoms with E-state index in [0.717, 1.165) is 21.6 Å². The van der Waals surface area contributed by atoms with Gasteiger partial charge in [-0.1, -0.05) is 12.1 Å². The minimum Gasteiger partial charge on any atom is -0.466 e. The van der Waals surface area contributed by atoms with Crippen LogP contribution in [0.15, 0.2) is 24.3 Å². The van der Waals surface area contributed by atoms with E-state index in [-0.39, 0.29) is 11.8 Å². The van der Waals surface area contributed by atoms with Crippen molar-refractivity contribution in [2.45, 2.75) is 39.0 Å². The van der Waals surface area contributed by atoms with Crippen LogP contribution in [0.4, 0.5) is 0 Å². The molecule has 0 fully saturated rings. The van der Waals surface area contributed by atoms with Crippen molar-refractivity contribution in [3.63, 3.8) is 0 Å². The van der Waals surface area contributed by atoms with Crippen LogP contribution in [0, 0.1) is 0 Å². The average molecular weight is 305 g/mol. The highest BCUT2D eigenvalue weighted by Crippen LogP contribution is 2.22. The lowest BCUT2D eigenvalue weighted by Crippen LogP contribution is -2.05. The van der Waals surface area contributed by atoms with Crippen LogP contribution in [0.1, 0.15) is 37.6 Å². The van der Waals surface area contributed by atoms with E-state index in [1.165, 1.54) is 0 Å². The summed E-state index contributed by atoms with van der Waals surface area (Å²) in [6.45, 7) is 2.20. The first-order chi connectivity index (χ1) is 10.2. The van der Waals surface area contributed by atoms with E-state index in [2.05, 4.69) is 4.98 Å². The summed E-state index contributed by atoms with van der Waals surface area (Å²) in [5.74, 6) is -0.00552. The van der Waals surface area contributed by atoms with E-state index in [0.29, 0.717) is 32.3 Å². The summed E-state index contributed by atoms with van der Waals surface area (Å²) >= 11 is 1.57. The Labute approximate surface area is 128 Å². The van der Waals surface area contributed by atoms with Crippen LogP contribution >= 0.6 is 11.3 Å². The molecule has 0 unspecified atom stereocenters. The van der Waals surface area contributed by atoms with Crippen LogP contribution in [0.3, 0.4) is 0 Å². The SMILES string of the molecule is CCOC(=O)CCCCC(=O)Cc1nc2ccccc2s1. The van der Waals surface area contributed by atoms with Crippen LogP contribution in [-0.4, -0.2) is 23.3 Å². The number of benzene rings is 1. The number of aromatic nitrogens is 1. The third-order valence-electron chi connectivity index (χ3n) is 3.08. The maximum Gasteiger partial charge on any atom is 0.305 e. The second-order valence-electron chi connectivity index (χ2n) is 4.80. The molecule has 0 atom stereocenters.